The van der Waals surface area contributed by atoms with Gasteiger partial charge in [-0.15, -0.1) is 0 Å². The molecule has 1 aliphatic heterocycles. The number of rotatable bonds is 6. The molecule has 1 saturated heterocycles. The van der Waals surface area contributed by atoms with Gasteiger partial charge in [0, 0.05) is 19.5 Å². The van der Waals surface area contributed by atoms with Gasteiger partial charge >= 0.3 is 5.97 Å². The summed E-state index contributed by atoms with van der Waals surface area (Å²) >= 11 is 0. The average Bonchev–Trinajstić information content (AvgIpc) is 3.27. The van der Waals surface area contributed by atoms with Crippen LogP contribution in [0, 0.1) is 17.8 Å². The molecule has 0 spiro atoms. The first kappa shape index (κ1) is 13.4. The zero-order chi connectivity index (χ0) is 14.3. The van der Waals surface area contributed by atoms with Crippen LogP contribution in [-0.2, 0) is 14.4 Å². The first-order valence-corrected chi connectivity index (χ1v) is 7.35. The van der Waals surface area contributed by atoms with Gasteiger partial charge in [0.2, 0.25) is 11.8 Å². The van der Waals surface area contributed by atoms with Crippen molar-refractivity contribution in [2.75, 3.05) is 13.1 Å². The summed E-state index contributed by atoms with van der Waals surface area (Å²) in [5.41, 5.74) is 0. The molecule has 110 valence electrons. The molecule has 20 heavy (non-hydrogen) atoms. The molecule has 2 saturated carbocycles. The van der Waals surface area contributed by atoms with Gasteiger partial charge in [0.25, 0.3) is 0 Å². The van der Waals surface area contributed by atoms with Crippen LogP contribution in [0.5, 0.6) is 0 Å². The monoisotopic (exact) mass is 280 g/mol. The lowest BCUT2D eigenvalue weighted by Crippen LogP contribution is -2.45. The van der Waals surface area contributed by atoms with E-state index in [-0.39, 0.29) is 30.1 Å². The van der Waals surface area contributed by atoms with Crippen molar-refractivity contribution in [2.24, 2.45) is 17.8 Å². The molecule has 2 unspecified atom stereocenters. The van der Waals surface area contributed by atoms with Crippen LogP contribution < -0.4 is 5.32 Å². The van der Waals surface area contributed by atoms with E-state index < -0.39 is 12.0 Å². The van der Waals surface area contributed by atoms with Gasteiger partial charge < -0.3 is 15.3 Å². The van der Waals surface area contributed by atoms with Gasteiger partial charge in [-0.3, -0.25) is 9.59 Å². The molecule has 0 radical (unpaired) electrons. The van der Waals surface area contributed by atoms with E-state index in [4.69, 9.17) is 5.11 Å². The molecular formula is C14H20N2O4. The predicted octanol–water partition coefficient (Wildman–Crippen LogP) is 0.224. The van der Waals surface area contributed by atoms with Gasteiger partial charge in [0.15, 0.2) is 0 Å². The minimum absolute atomic E-state index is 0.0235. The second-order valence-corrected chi connectivity index (χ2v) is 6.31. The molecule has 3 aliphatic rings. The molecule has 2 atom stereocenters. The number of amides is 2. The first-order chi connectivity index (χ1) is 9.54. The highest BCUT2D eigenvalue weighted by atomic mass is 16.4. The Morgan fingerprint density at radius 1 is 1.30 bits per heavy atom. The normalized spacial score (nSPS) is 27.5. The molecule has 0 aromatic carbocycles. The third kappa shape index (κ3) is 2.94. The Hall–Kier alpha value is -1.59. The number of nitrogens with zero attached hydrogens (tertiary/aromatic N) is 1. The van der Waals surface area contributed by atoms with Crippen LogP contribution in [0.1, 0.15) is 32.1 Å². The summed E-state index contributed by atoms with van der Waals surface area (Å²) in [6.07, 6.45) is 4.27. The Kier molecular flexibility index (Phi) is 3.40. The fourth-order valence-electron chi connectivity index (χ4n) is 2.82. The van der Waals surface area contributed by atoms with E-state index in [1.165, 1.54) is 12.8 Å². The summed E-state index contributed by atoms with van der Waals surface area (Å²) in [6.45, 7) is 1.20. The van der Waals surface area contributed by atoms with Crippen molar-refractivity contribution in [3.8, 4) is 0 Å². The number of likely N-dealkylation sites (tertiary alicyclic amines) is 1. The summed E-state index contributed by atoms with van der Waals surface area (Å²) in [4.78, 5) is 36.9. The number of carboxylic acid groups (broad SMARTS) is 1. The van der Waals surface area contributed by atoms with Gasteiger partial charge in [-0.25, -0.2) is 4.79 Å². The third-order valence-corrected chi connectivity index (χ3v) is 4.42. The summed E-state index contributed by atoms with van der Waals surface area (Å²) in [6, 6.07) is -0.782. The summed E-state index contributed by atoms with van der Waals surface area (Å²) in [5, 5.41) is 11.7. The van der Waals surface area contributed by atoms with Crippen molar-refractivity contribution in [1.82, 2.24) is 10.2 Å². The van der Waals surface area contributed by atoms with Crippen molar-refractivity contribution in [3.05, 3.63) is 0 Å². The van der Waals surface area contributed by atoms with E-state index in [1.807, 2.05) is 0 Å². The maximum Gasteiger partial charge on any atom is 0.326 e. The maximum absolute atomic E-state index is 12.1. The summed E-state index contributed by atoms with van der Waals surface area (Å²) < 4.78 is 0. The fourth-order valence-corrected chi connectivity index (χ4v) is 2.82. The number of carbonyl (C=O) groups excluding carboxylic acids is 2. The van der Waals surface area contributed by atoms with Crippen molar-refractivity contribution >= 4 is 17.8 Å². The van der Waals surface area contributed by atoms with Gasteiger partial charge in [0.05, 0.1) is 5.92 Å². The van der Waals surface area contributed by atoms with E-state index in [0.29, 0.717) is 12.5 Å². The lowest BCUT2D eigenvalue weighted by Gasteiger charge is -2.18. The Labute approximate surface area is 117 Å². The zero-order valence-electron chi connectivity index (χ0n) is 11.4. The molecule has 0 aromatic rings. The summed E-state index contributed by atoms with van der Waals surface area (Å²) in [7, 11) is 0. The van der Waals surface area contributed by atoms with E-state index in [2.05, 4.69) is 5.32 Å². The molecule has 6 nitrogen and oxygen atoms in total. The Morgan fingerprint density at radius 3 is 2.55 bits per heavy atom. The second-order valence-electron chi connectivity index (χ2n) is 6.31. The third-order valence-electron chi connectivity index (χ3n) is 4.42. The van der Waals surface area contributed by atoms with Crippen molar-refractivity contribution in [2.45, 2.75) is 38.1 Å². The summed E-state index contributed by atoms with van der Waals surface area (Å²) in [5.74, 6) is -0.941. The molecule has 0 bridgehead atoms. The number of carbonyl (C=O) groups is 3. The van der Waals surface area contributed by atoms with Gasteiger partial charge in [-0.2, -0.15) is 0 Å². The van der Waals surface area contributed by atoms with Crippen LogP contribution in [0.25, 0.3) is 0 Å². The quantitative estimate of drug-likeness (QED) is 0.729. The number of hydrogen-bond donors (Lipinski definition) is 2. The molecule has 3 rings (SSSR count). The Morgan fingerprint density at radius 2 is 2.00 bits per heavy atom. The molecule has 3 fully saturated rings. The van der Waals surface area contributed by atoms with Gasteiger partial charge in [-0.1, -0.05) is 0 Å². The highest BCUT2D eigenvalue weighted by Gasteiger charge is 2.41. The number of aliphatic carboxylic acids is 1. The fraction of sp³-hybridized carbons (Fsp3) is 0.786. The highest BCUT2D eigenvalue weighted by molar-refractivity contribution is 5.91. The van der Waals surface area contributed by atoms with Crippen LogP contribution in [0.3, 0.4) is 0 Å². The maximum atomic E-state index is 12.1. The van der Waals surface area contributed by atoms with Gasteiger partial charge in [0.1, 0.15) is 6.04 Å². The minimum atomic E-state index is -0.972. The lowest BCUT2D eigenvalue weighted by molar-refractivity contribution is -0.143. The van der Waals surface area contributed by atoms with Crippen LogP contribution in [-0.4, -0.2) is 46.9 Å². The Bertz CT molecular complexity index is 442. The molecule has 2 amide bonds. The molecule has 2 aliphatic carbocycles. The lowest BCUT2D eigenvalue weighted by atomic mass is 10.1. The number of nitrogens with one attached hydrogen (secondary N) is 1. The first-order valence-electron chi connectivity index (χ1n) is 7.35. The van der Waals surface area contributed by atoms with Crippen molar-refractivity contribution < 1.29 is 19.5 Å². The SMILES string of the molecule is O=C(NC(C(=O)O)C1CC1)C1CC(=O)N(CC2CC2)C1. The largest absolute Gasteiger partial charge is 0.480 e. The van der Waals surface area contributed by atoms with Crippen LogP contribution >= 0.6 is 0 Å². The van der Waals surface area contributed by atoms with Gasteiger partial charge in [-0.05, 0) is 37.5 Å². The van der Waals surface area contributed by atoms with E-state index in [1.54, 1.807) is 4.90 Å². The zero-order valence-corrected chi connectivity index (χ0v) is 11.4. The smallest absolute Gasteiger partial charge is 0.326 e. The molecule has 2 N–H and O–H groups in total. The molecule has 6 heteroatoms. The highest BCUT2D eigenvalue weighted by Crippen LogP contribution is 2.34. The van der Waals surface area contributed by atoms with Crippen LogP contribution in [0.2, 0.25) is 0 Å². The predicted molar refractivity (Wildman–Crippen MR) is 69.7 cm³/mol. The Balaban J connectivity index is 1.54. The van der Waals surface area contributed by atoms with Crippen molar-refractivity contribution in [1.29, 1.82) is 0 Å². The molecule has 1 heterocycles. The minimum Gasteiger partial charge on any atom is -0.480 e. The van der Waals surface area contributed by atoms with E-state index in [0.717, 1.165) is 19.4 Å². The second kappa shape index (κ2) is 5.07. The van der Waals surface area contributed by atoms with E-state index in [9.17, 15) is 14.4 Å². The van der Waals surface area contributed by atoms with Crippen molar-refractivity contribution in [3.63, 3.8) is 0 Å². The van der Waals surface area contributed by atoms with Crippen LogP contribution in [0.4, 0.5) is 0 Å². The topological polar surface area (TPSA) is 86.7 Å². The molecule has 0 aromatic heterocycles. The number of hydrogen-bond acceptors (Lipinski definition) is 3. The standard InChI is InChI=1S/C14H20N2O4/c17-11-5-10(7-16(11)6-8-1-2-8)13(18)15-12(14(19)20)9-3-4-9/h8-10,12H,1-7H2,(H,15,18)(H,19,20). The number of carboxylic acids is 1. The average molecular weight is 280 g/mol. The molecular weight excluding hydrogens is 260 g/mol. The van der Waals surface area contributed by atoms with Crippen LogP contribution in [0.15, 0.2) is 0 Å². The van der Waals surface area contributed by atoms with E-state index >= 15 is 0 Å².